The summed E-state index contributed by atoms with van der Waals surface area (Å²) >= 11 is 0. The third-order valence-corrected chi connectivity index (χ3v) is 2.28. The van der Waals surface area contributed by atoms with Gasteiger partial charge in [-0.1, -0.05) is 6.07 Å². The topological polar surface area (TPSA) is 73.1 Å². The molecule has 1 aromatic carbocycles. The molecule has 94 valence electrons. The van der Waals surface area contributed by atoms with Gasteiger partial charge in [0.2, 0.25) is 0 Å². The zero-order valence-electron chi connectivity index (χ0n) is 10.3. The Bertz CT molecular complexity index is 516. The standard InChI is InChI=1S/C13H16N4O/c1-10-7-13(17-15-9-10)16-11-3-2-4-12(8-11)18-6-5-14/h2-4,7-9H,5-6,14H2,1H3,(H,16,17). The molecular weight excluding hydrogens is 228 g/mol. The van der Waals surface area contributed by atoms with Crippen LogP contribution in [0.3, 0.4) is 0 Å². The summed E-state index contributed by atoms with van der Waals surface area (Å²) in [4.78, 5) is 0. The smallest absolute Gasteiger partial charge is 0.153 e. The second kappa shape index (κ2) is 5.97. The van der Waals surface area contributed by atoms with E-state index in [-0.39, 0.29) is 0 Å². The molecule has 0 bridgehead atoms. The van der Waals surface area contributed by atoms with E-state index in [1.54, 1.807) is 6.20 Å². The third kappa shape index (κ3) is 3.43. The zero-order chi connectivity index (χ0) is 12.8. The summed E-state index contributed by atoms with van der Waals surface area (Å²) < 4.78 is 5.46. The maximum Gasteiger partial charge on any atom is 0.153 e. The molecule has 1 aromatic heterocycles. The van der Waals surface area contributed by atoms with E-state index < -0.39 is 0 Å². The minimum absolute atomic E-state index is 0.501. The number of rotatable bonds is 5. The van der Waals surface area contributed by atoms with Crippen LogP contribution in [0.5, 0.6) is 5.75 Å². The Hall–Kier alpha value is -2.14. The predicted octanol–water partition coefficient (Wildman–Crippen LogP) is 1.87. The molecule has 0 atom stereocenters. The molecule has 0 saturated carbocycles. The second-order valence-corrected chi connectivity index (χ2v) is 3.91. The molecule has 5 nitrogen and oxygen atoms in total. The molecule has 1 heterocycles. The van der Waals surface area contributed by atoms with E-state index in [0.717, 1.165) is 17.0 Å². The summed E-state index contributed by atoms with van der Waals surface area (Å²) in [6.07, 6.45) is 1.71. The van der Waals surface area contributed by atoms with Crippen LogP contribution in [0.15, 0.2) is 36.5 Å². The van der Waals surface area contributed by atoms with Crippen molar-refractivity contribution < 1.29 is 4.74 Å². The van der Waals surface area contributed by atoms with Crippen molar-refractivity contribution in [3.8, 4) is 5.75 Å². The van der Waals surface area contributed by atoms with Crippen molar-refractivity contribution in [1.82, 2.24) is 10.2 Å². The molecule has 2 aromatic rings. The van der Waals surface area contributed by atoms with E-state index in [0.29, 0.717) is 19.0 Å². The van der Waals surface area contributed by atoms with Crippen LogP contribution in [0, 0.1) is 6.92 Å². The van der Waals surface area contributed by atoms with Crippen molar-refractivity contribution in [2.24, 2.45) is 5.73 Å². The molecule has 0 spiro atoms. The summed E-state index contributed by atoms with van der Waals surface area (Å²) in [7, 11) is 0. The molecule has 2 rings (SSSR count). The molecule has 0 saturated heterocycles. The lowest BCUT2D eigenvalue weighted by Gasteiger charge is -2.08. The second-order valence-electron chi connectivity index (χ2n) is 3.91. The first kappa shape index (κ1) is 12.3. The van der Waals surface area contributed by atoms with Gasteiger partial charge < -0.3 is 15.8 Å². The quantitative estimate of drug-likeness (QED) is 0.840. The van der Waals surface area contributed by atoms with Crippen molar-refractivity contribution in [1.29, 1.82) is 0 Å². The fourth-order valence-corrected chi connectivity index (χ4v) is 1.51. The van der Waals surface area contributed by atoms with E-state index in [9.17, 15) is 0 Å². The summed E-state index contributed by atoms with van der Waals surface area (Å²) in [6, 6.07) is 9.58. The number of benzene rings is 1. The average molecular weight is 244 g/mol. The van der Waals surface area contributed by atoms with Crippen LogP contribution in [0.2, 0.25) is 0 Å². The van der Waals surface area contributed by atoms with Gasteiger partial charge in [0.15, 0.2) is 5.82 Å². The van der Waals surface area contributed by atoms with Crippen LogP contribution in [0.25, 0.3) is 0 Å². The molecule has 0 fully saturated rings. The van der Waals surface area contributed by atoms with Crippen molar-refractivity contribution in [2.75, 3.05) is 18.5 Å². The lowest BCUT2D eigenvalue weighted by molar-refractivity contribution is 0.328. The molecule has 0 amide bonds. The minimum atomic E-state index is 0.501. The Kier molecular flexibility index (Phi) is 4.09. The van der Waals surface area contributed by atoms with Crippen molar-refractivity contribution in [2.45, 2.75) is 6.92 Å². The van der Waals surface area contributed by atoms with Gasteiger partial charge in [0.05, 0.1) is 6.20 Å². The fraction of sp³-hybridized carbons (Fsp3) is 0.231. The number of nitrogens with zero attached hydrogens (tertiary/aromatic N) is 2. The molecule has 0 aliphatic rings. The highest BCUT2D eigenvalue weighted by Crippen LogP contribution is 2.20. The lowest BCUT2D eigenvalue weighted by atomic mass is 10.3. The Balaban J connectivity index is 2.09. The molecule has 0 aliphatic heterocycles. The predicted molar refractivity (Wildman–Crippen MR) is 71.0 cm³/mol. The minimum Gasteiger partial charge on any atom is -0.492 e. The van der Waals surface area contributed by atoms with Crippen molar-refractivity contribution in [3.63, 3.8) is 0 Å². The first-order valence-corrected chi connectivity index (χ1v) is 5.77. The Morgan fingerprint density at radius 2 is 2.22 bits per heavy atom. The highest BCUT2D eigenvalue weighted by atomic mass is 16.5. The summed E-state index contributed by atoms with van der Waals surface area (Å²) in [5.41, 5.74) is 7.36. The Morgan fingerprint density at radius 3 is 3.00 bits per heavy atom. The van der Waals surface area contributed by atoms with Crippen LogP contribution in [-0.4, -0.2) is 23.3 Å². The normalized spacial score (nSPS) is 10.1. The number of aromatic nitrogens is 2. The van der Waals surface area contributed by atoms with Gasteiger partial charge in [0.1, 0.15) is 12.4 Å². The molecule has 18 heavy (non-hydrogen) atoms. The van der Waals surface area contributed by atoms with Crippen molar-refractivity contribution >= 4 is 11.5 Å². The number of anilines is 2. The van der Waals surface area contributed by atoms with Crippen LogP contribution >= 0.6 is 0 Å². The third-order valence-electron chi connectivity index (χ3n) is 2.28. The molecule has 3 N–H and O–H groups in total. The van der Waals surface area contributed by atoms with Crippen LogP contribution in [0.1, 0.15) is 5.56 Å². The van der Waals surface area contributed by atoms with E-state index in [2.05, 4.69) is 15.5 Å². The first-order chi connectivity index (χ1) is 8.78. The van der Waals surface area contributed by atoms with E-state index >= 15 is 0 Å². The Morgan fingerprint density at radius 1 is 1.33 bits per heavy atom. The van der Waals surface area contributed by atoms with Gasteiger partial charge >= 0.3 is 0 Å². The van der Waals surface area contributed by atoms with Gasteiger partial charge in [-0.05, 0) is 30.7 Å². The zero-order valence-corrected chi connectivity index (χ0v) is 10.3. The number of nitrogens with two attached hydrogens (primary N) is 1. The number of hydrogen-bond donors (Lipinski definition) is 2. The van der Waals surface area contributed by atoms with Crippen LogP contribution in [-0.2, 0) is 0 Å². The summed E-state index contributed by atoms with van der Waals surface area (Å²) in [5.74, 6) is 1.50. The monoisotopic (exact) mass is 244 g/mol. The summed E-state index contributed by atoms with van der Waals surface area (Å²) in [6.45, 7) is 2.98. The van der Waals surface area contributed by atoms with Gasteiger partial charge in [0.25, 0.3) is 0 Å². The summed E-state index contributed by atoms with van der Waals surface area (Å²) in [5, 5.41) is 11.1. The fourth-order valence-electron chi connectivity index (χ4n) is 1.51. The van der Waals surface area contributed by atoms with Gasteiger partial charge in [-0.25, -0.2) is 0 Å². The van der Waals surface area contributed by atoms with Crippen LogP contribution < -0.4 is 15.8 Å². The number of aryl methyl sites for hydroxylation is 1. The number of hydrogen-bond acceptors (Lipinski definition) is 5. The van der Waals surface area contributed by atoms with Crippen LogP contribution in [0.4, 0.5) is 11.5 Å². The Labute approximate surface area is 106 Å². The number of ether oxygens (including phenoxy) is 1. The van der Waals surface area contributed by atoms with E-state index in [4.69, 9.17) is 10.5 Å². The first-order valence-electron chi connectivity index (χ1n) is 5.77. The average Bonchev–Trinajstić information content (AvgIpc) is 2.37. The molecule has 0 radical (unpaired) electrons. The van der Waals surface area contributed by atoms with Gasteiger partial charge in [-0.2, -0.15) is 5.10 Å². The molecular formula is C13H16N4O. The molecule has 5 heteroatoms. The lowest BCUT2D eigenvalue weighted by Crippen LogP contribution is -2.10. The van der Waals surface area contributed by atoms with Gasteiger partial charge in [0, 0.05) is 18.3 Å². The van der Waals surface area contributed by atoms with Gasteiger partial charge in [-0.3, -0.25) is 0 Å². The van der Waals surface area contributed by atoms with Crippen molar-refractivity contribution in [3.05, 3.63) is 42.1 Å². The van der Waals surface area contributed by atoms with Gasteiger partial charge in [-0.15, -0.1) is 5.10 Å². The molecule has 0 unspecified atom stereocenters. The highest BCUT2D eigenvalue weighted by molar-refractivity contribution is 5.58. The largest absolute Gasteiger partial charge is 0.492 e. The van der Waals surface area contributed by atoms with E-state index in [1.807, 2.05) is 37.3 Å². The maximum absolute atomic E-state index is 5.46. The SMILES string of the molecule is Cc1cnnc(Nc2cccc(OCCN)c2)c1. The van der Waals surface area contributed by atoms with E-state index in [1.165, 1.54) is 0 Å². The number of nitrogens with one attached hydrogen (secondary N) is 1. The maximum atomic E-state index is 5.46. The molecule has 0 aliphatic carbocycles. The highest BCUT2D eigenvalue weighted by Gasteiger charge is 1.99.